The summed E-state index contributed by atoms with van der Waals surface area (Å²) in [7, 11) is 0. The third-order valence-corrected chi connectivity index (χ3v) is 4.59. The smallest absolute Gasteiger partial charge is 0.151 e. The van der Waals surface area contributed by atoms with Gasteiger partial charge in [-0.25, -0.2) is 4.98 Å². The van der Waals surface area contributed by atoms with Crippen LogP contribution in [0.15, 0.2) is 27.5 Å². The summed E-state index contributed by atoms with van der Waals surface area (Å²) in [6.07, 6.45) is 2.46. The molecule has 0 aliphatic carbocycles. The molecule has 0 spiro atoms. The summed E-state index contributed by atoms with van der Waals surface area (Å²) in [5.74, 6) is 1.14. The number of thiazole rings is 1. The zero-order valence-electron chi connectivity index (χ0n) is 9.47. The number of benzene rings is 1. The van der Waals surface area contributed by atoms with Crippen molar-refractivity contribution in [3.8, 4) is 0 Å². The number of thiocarbonyl (C=S) groups is 1. The molecule has 0 N–H and O–H groups in total. The average Bonchev–Trinajstić information content (AvgIpc) is 2.72. The first-order chi connectivity index (χ1) is 8.33. The molecule has 0 unspecified atom stereocenters. The Morgan fingerprint density at radius 3 is 3.18 bits per heavy atom. The molecule has 5 heteroatoms. The molecule has 2 aromatic rings. The third kappa shape index (κ3) is 3.36. The van der Waals surface area contributed by atoms with E-state index in [1.165, 1.54) is 12.8 Å². The minimum Gasteiger partial charge on any atom is -0.230 e. The van der Waals surface area contributed by atoms with Crippen molar-refractivity contribution in [3.63, 3.8) is 0 Å². The van der Waals surface area contributed by atoms with Crippen LogP contribution in [-0.4, -0.2) is 15.9 Å². The molecule has 17 heavy (non-hydrogen) atoms. The lowest BCUT2D eigenvalue weighted by Crippen LogP contribution is -1.76. The number of thioether (sulfide) groups is 1. The van der Waals surface area contributed by atoms with Gasteiger partial charge in [-0.1, -0.05) is 25.1 Å². The minimum atomic E-state index is 0.848. The number of nitrogens with zero attached hydrogens (tertiary/aromatic N) is 2. The first-order valence-corrected chi connectivity index (χ1v) is 7.66. The van der Waals surface area contributed by atoms with Crippen molar-refractivity contribution in [2.75, 3.05) is 5.75 Å². The standard InChI is InChI=1S/C12H12N2S3/c1-2-3-6-16-12-14-10-5-4-9(13-8-15)7-11(10)17-12/h4-5,7H,2-3,6H2,1H3. The van der Waals surface area contributed by atoms with Gasteiger partial charge in [-0.2, -0.15) is 4.99 Å². The van der Waals surface area contributed by atoms with Crippen LogP contribution in [-0.2, 0) is 0 Å². The molecule has 88 valence electrons. The van der Waals surface area contributed by atoms with Crippen molar-refractivity contribution in [2.45, 2.75) is 24.1 Å². The molecule has 2 nitrogen and oxygen atoms in total. The van der Waals surface area contributed by atoms with E-state index in [-0.39, 0.29) is 0 Å². The van der Waals surface area contributed by atoms with Gasteiger partial charge < -0.3 is 0 Å². The quantitative estimate of drug-likeness (QED) is 0.336. The molecule has 0 atom stereocenters. The minimum absolute atomic E-state index is 0.848. The Kier molecular flexibility index (Phi) is 4.68. The summed E-state index contributed by atoms with van der Waals surface area (Å²) < 4.78 is 2.30. The number of unbranched alkanes of at least 4 members (excludes halogenated alkanes) is 1. The predicted molar refractivity (Wildman–Crippen MR) is 79.9 cm³/mol. The zero-order chi connectivity index (χ0) is 12.1. The highest BCUT2D eigenvalue weighted by molar-refractivity contribution is 8.01. The molecular formula is C12H12N2S3. The Morgan fingerprint density at radius 2 is 2.41 bits per heavy atom. The van der Waals surface area contributed by atoms with Crippen LogP contribution in [0.3, 0.4) is 0 Å². The summed E-state index contributed by atoms with van der Waals surface area (Å²) in [5.41, 5.74) is 1.89. The molecule has 2 rings (SSSR count). The Morgan fingerprint density at radius 1 is 1.53 bits per heavy atom. The lowest BCUT2D eigenvalue weighted by molar-refractivity contribution is 0.896. The third-order valence-electron chi connectivity index (χ3n) is 2.25. The van der Waals surface area contributed by atoms with Crippen molar-refractivity contribution < 1.29 is 0 Å². The molecule has 0 aliphatic heterocycles. The van der Waals surface area contributed by atoms with Crippen LogP contribution in [0.1, 0.15) is 19.8 Å². The van der Waals surface area contributed by atoms with Crippen molar-refractivity contribution in [2.24, 2.45) is 4.99 Å². The first-order valence-electron chi connectivity index (χ1n) is 5.44. The molecule has 0 saturated carbocycles. The molecule has 0 fully saturated rings. The van der Waals surface area contributed by atoms with Gasteiger partial charge in [0.25, 0.3) is 0 Å². The number of isothiocyanates is 1. The van der Waals surface area contributed by atoms with Gasteiger partial charge in [-0.05, 0) is 36.8 Å². The lowest BCUT2D eigenvalue weighted by Gasteiger charge is -1.92. The summed E-state index contributed by atoms with van der Waals surface area (Å²) in [6.45, 7) is 2.20. The van der Waals surface area contributed by atoms with Gasteiger partial charge in [0.2, 0.25) is 0 Å². The number of fused-ring (bicyclic) bond motifs is 1. The molecule has 1 heterocycles. The second-order valence-corrected chi connectivity index (χ2v) is 6.09. The monoisotopic (exact) mass is 280 g/mol. The van der Waals surface area contributed by atoms with Gasteiger partial charge in [-0.15, -0.1) is 11.3 Å². The number of hydrogen-bond acceptors (Lipinski definition) is 5. The maximum Gasteiger partial charge on any atom is 0.151 e. The van der Waals surface area contributed by atoms with E-state index in [9.17, 15) is 0 Å². The summed E-state index contributed by atoms with van der Waals surface area (Å²) in [6, 6.07) is 5.92. The fourth-order valence-corrected chi connectivity index (χ4v) is 3.74. The Labute approximate surface area is 114 Å². The van der Waals surface area contributed by atoms with Crippen LogP contribution in [0.4, 0.5) is 5.69 Å². The molecular weight excluding hydrogens is 268 g/mol. The normalized spacial score (nSPS) is 10.4. The van der Waals surface area contributed by atoms with E-state index in [0.717, 1.165) is 26.0 Å². The predicted octanol–water partition coefficient (Wildman–Crippen LogP) is 4.92. The van der Waals surface area contributed by atoms with Crippen LogP contribution in [0.2, 0.25) is 0 Å². The highest BCUT2D eigenvalue weighted by Crippen LogP contribution is 2.32. The van der Waals surface area contributed by atoms with Gasteiger partial charge >= 0.3 is 0 Å². The average molecular weight is 280 g/mol. The highest BCUT2D eigenvalue weighted by Gasteiger charge is 2.04. The van der Waals surface area contributed by atoms with Gasteiger partial charge in [0, 0.05) is 5.75 Å². The highest BCUT2D eigenvalue weighted by atomic mass is 32.2. The number of hydrogen-bond donors (Lipinski definition) is 0. The molecule has 0 bridgehead atoms. The molecule has 0 saturated heterocycles. The second-order valence-electron chi connectivity index (χ2n) is 3.54. The summed E-state index contributed by atoms with van der Waals surface area (Å²) >= 11 is 8.15. The Bertz CT molecular complexity index is 556. The fourth-order valence-electron chi connectivity index (χ4n) is 1.38. The van der Waals surface area contributed by atoms with Crippen molar-refractivity contribution >= 4 is 56.4 Å². The van der Waals surface area contributed by atoms with Crippen molar-refractivity contribution in [1.82, 2.24) is 4.98 Å². The van der Waals surface area contributed by atoms with Gasteiger partial charge in [-0.3, -0.25) is 0 Å². The van der Waals surface area contributed by atoms with Crippen LogP contribution < -0.4 is 0 Å². The largest absolute Gasteiger partial charge is 0.230 e. The molecule has 0 radical (unpaired) electrons. The van der Waals surface area contributed by atoms with E-state index < -0.39 is 0 Å². The fraction of sp³-hybridized carbons (Fsp3) is 0.333. The Balaban J connectivity index is 2.21. The van der Waals surface area contributed by atoms with E-state index in [4.69, 9.17) is 0 Å². The number of rotatable bonds is 5. The number of aromatic nitrogens is 1. The Hall–Kier alpha value is -0.740. The lowest BCUT2D eigenvalue weighted by atomic mass is 10.3. The zero-order valence-corrected chi connectivity index (χ0v) is 11.9. The van der Waals surface area contributed by atoms with Crippen LogP contribution >= 0.6 is 35.3 Å². The number of aliphatic imine (C=N–C) groups is 1. The van der Waals surface area contributed by atoms with Crippen LogP contribution in [0.25, 0.3) is 10.2 Å². The molecule has 1 aromatic heterocycles. The second kappa shape index (κ2) is 6.26. The maximum absolute atomic E-state index is 4.60. The van der Waals surface area contributed by atoms with Gasteiger partial charge in [0.1, 0.15) is 0 Å². The summed E-state index contributed by atoms with van der Waals surface area (Å²) in [4.78, 5) is 8.56. The van der Waals surface area contributed by atoms with Crippen molar-refractivity contribution in [1.29, 1.82) is 0 Å². The van der Waals surface area contributed by atoms with Crippen LogP contribution in [0, 0.1) is 0 Å². The first kappa shape index (κ1) is 12.7. The maximum atomic E-state index is 4.60. The van der Waals surface area contributed by atoms with E-state index >= 15 is 0 Å². The van der Waals surface area contributed by atoms with Crippen molar-refractivity contribution in [3.05, 3.63) is 18.2 Å². The van der Waals surface area contributed by atoms with Gasteiger partial charge in [0.05, 0.1) is 21.1 Å². The van der Waals surface area contributed by atoms with E-state index in [1.54, 1.807) is 11.3 Å². The molecule has 0 amide bonds. The van der Waals surface area contributed by atoms with Gasteiger partial charge in [0.15, 0.2) is 4.34 Å². The SMILES string of the molecule is CCCCSc1nc2ccc(N=C=S)cc2s1. The molecule has 1 aromatic carbocycles. The summed E-state index contributed by atoms with van der Waals surface area (Å²) in [5, 5.41) is 2.38. The van der Waals surface area contributed by atoms with E-state index in [1.807, 2.05) is 30.0 Å². The van der Waals surface area contributed by atoms with E-state index in [2.05, 4.69) is 34.3 Å². The van der Waals surface area contributed by atoms with E-state index in [0.29, 0.717) is 0 Å². The van der Waals surface area contributed by atoms with Crippen LogP contribution in [0.5, 0.6) is 0 Å². The molecule has 0 aliphatic rings. The topological polar surface area (TPSA) is 25.2 Å².